The number of hydrogen-bond acceptors (Lipinski definition) is 3. The Morgan fingerprint density at radius 1 is 1.12 bits per heavy atom. The van der Waals surface area contributed by atoms with Gasteiger partial charge in [-0.25, -0.2) is 0 Å². The minimum Gasteiger partial charge on any atom is -0.494 e. The third-order valence-corrected chi connectivity index (χ3v) is 5.30. The number of anilines is 1. The van der Waals surface area contributed by atoms with Crippen LogP contribution in [0.1, 0.15) is 55.9 Å². The van der Waals surface area contributed by atoms with E-state index in [0.717, 1.165) is 24.5 Å². The Kier molecular flexibility index (Phi) is 3.80. The second-order valence-electron chi connectivity index (χ2n) is 8.16. The molecule has 2 atom stereocenters. The SMILES string of the molecule is COc1c(NC(C)(C)C)c(-c2ccccc2)c(C)c2c1C1OCCC21. The predicted molar refractivity (Wildman–Crippen MR) is 103 cm³/mol. The summed E-state index contributed by atoms with van der Waals surface area (Å²) >= 11 is 0. The molecule has 0 radical (unpaired) electrons. The predicted octanol–water partition coefficient (Wildman–Crippen LogP) is 5.44. The number of ether oxygens (including phenoxy) is 2. The lowest BCUT2D eigenvalue weighted by atomic mass is 9.69. The molecule has 1 aliphatic heterocycles. The highest BCUT2D eigenvalue weighted by atomic mass is 16.5. The Labute approximate surface area is 150 Å². The molecule has 2 aromatic rings. The van der Waals surface area contributed by atoms with Crippen molar-refractivity contribution in [2.24, 2.45) is 0 Å². The van der Waals surface area contributed by atoms with E-state index in [9.17, 15) is 0 Å². The van der Waals surface area contributed by atoms with Crippen LogP contribution in [0.15, 0.2) is 30.3 Å². The summed E-state index contributed by atoms with van der Waals surface area (Å²) in [6, 6.07) is 10.6. The maximum Gasteiger partial charge on any atom is 0.148 e. The third-order valence-electron chi connectivity index (χ3n) is 5.30. The highest BCUT2D eigenvalue weighted by molar-refractivity contribution is 5.89. The van der Waals surface area contributed by atoms with Crippen molar-refractivity contribution in [2.45, 2.75) is 51.7 Å². The summed E-state index contributed by atoms with van der Waals surface area (Å²) in [5.74, 6) is 1.48. The number of methoxy groups -OCH3 is 1. The summed E-state index contributed by atoms with van der Waals surface area (Å²) in [6.45, 7) is 9.65. The number of nitrogens with one attached hydrogen (secondary N) is 1. The molecule has 0 amide bonds. The molecule has 1 N–H and O–H groups in total. The van der Waals surface area contributed by atoms with Gasteiger partial charge < -0.3 is 14.8 Å². The summed E-state index contributed by atoms with van der Waals surface area (Å²) in [5, 5.41) is 3.71. The van der Waals surface area contributed by atoms with Gasteiger partial charge in [0.15, 0.2) is 0 Å². The van der Waals surface area contributed by atoms with Gasteiger partial charge in [0.05, 0.1) is 18.9 Å². The zero-order chi connectivity index (χ0) is 17.8. The number of fused-ring (bicyclic) bond motifs is 4. The number of rotatable bonds is 3. The van der Waals surface area contributed by atoms with Crippen molar-refractivity contribution in [3.8, 4) is 16.9 Å². The highest BCUT2D eigenvalue weighted by Crippen LogP contribution is 2.61. The second-order valence-corrected chi connectivity index (χ2v) is 8.16. The summed E-state index contributed by atoms with van der Waals surface area (Å²) in [7, 11) is 1.77. The van der Waals surface area contributed by atoms with E-state index in [0.29, 0.717) is 5.92 Å². The van der Waals surface area contributed by atoms with E-state index in [2.05, 4.69) is 63.3 Å². The van der Waals surface area contributed by atoms with Crippen LogP contribution in [-0.4, -0.2) is 19.3 Å². The van der Waals surface area contributed by atoms with Gasteiger partial charge in [-0.1, -0.05) is 30.3 Å². The van der Waals surface area contributed by atoms with E-state index in [1.807, 2.05) is 0 Å². The Bertz CT molecular complexity index is 805. The number of hydrogen-bond donors (Lipinski definition) is 1. The van der Waals surface area contributed by atoms with Gasteiger partial charge in [0.1, 0.15) is 5.75 Å². The van der Waals surface area contributed by atoms with Crippen LogP contribution < -0.4 is 10.1 Å². The molecule has 0 saturated carbocycles. The van der Waals surface area contributed by atoms with Gasteiger partial charge in [0, 0.05) is 29.2 Å². The molecular formula is C22H27NO2. The lowest BCUT2D eigenvalue weighted by molar-refractivity contribution is 0.0854. The van der Waals surface area contributed by atoms with Crippen molar-refractivity contribution in [3.63, 3.8) is 0 Å². The molecule has 132 valence electrons. The number of benzene rings is 2. The topological polar surface area (TPSA) is 30.5 Å². The van der Waals surface area contributed by atoms with Crippen molar-refractivity contribution >= 4 is 5.69 Å². The average Bonchev–Trinajstić information content (AvgIpc) is 2.94. The van der Waals surface area contributed by atoms with E-state index in [4.69, 9.17) is 9.47 Å². The Hall–Kier alpha value is -2.00. The first-order chi connectivity index (χ1) is 11.9. The summed E-state index contributed by atoms with van der Waals surface area (Å²) in [5.41, 5.74) is 7.59. The molecule has 0 bridgehead atoms. The van der Waals surface area contributed by atoms with Crippen LogP contribution in [0.5, 0.6) is 5.75 Å². The van der Waals surface area contributed by atoms with Crippen LogP contribution in [0, 0.1) is 6.92 Å². The van der Waals surface area contributed by atoms with Crippen molar-refractivity contribution in [2.75, 3.05) is 19.0 Å². The van der Waals surface area contributed by atoms with E-state index in [1.54, 1.807) is 7.11 Å². The smallest absolute Gasteiger partial charge is 0.148 e. The lowest BCUT2D eigenvalue weighted by Crippen LogP contribution is -2.30. The van der Waals surface area contributed by atoms with Crippen molar-refractivity contribution in [1.82, 2.24) is 0 Å². The van der Waals surface area contributed by atoms with Gasteiger partial charge >= 0.3 is 0 Å². The van der Waals surface area contributed by atoms with Gasteiger partial charge in [0.25, 0.3) is 0 Å². The summed E-state index contributed by atoms with van der Waals surface area (Å²) in [4.78, 5) is 0. The van der Waals surface area contributed by atoms with Crippen molar-refractivity contribution in [3.05, 3.63) is 47.0 Å². The first-order valence-electron chi connectivity index (χ1n) is 9.12. The maximum atomic E-state index is 6.00. The standard InChI is InChI=1S/C22H27NO2/c1-13-16(14-9-7-6-8-10-14)19(23-22(2,3)4)21(24-5)18-17(13)15-11-12-25-20(15)18/h6-10,15,20,23H,11-12H2,1-5H3. The first kappa shape index (κ1) is 16.5. The molecule has 3 heteroatoms. The van der Waals surface area contributed by atoms with Gasteiger partial charge in [-0.05, 0) is 50.8 Å². The van der Waals surface area contributed by atoms with Crippen LogP contribution >= 0.6 is 0 Å². The Morgan fingerprint density at radius 3 is 2.48 bits per heavy atom. The summed E-state index contributed by atoms with van der Waals surface area (Å²) in [6.07, 6.45) is 1.32. The van der Waals surface area contributed by atoms with Crippen molar-refractivity contribution in [1.29, 1.82) is 0 Å². The zero-order valence-electron chi connectivity index (χ0n) is 15.8. The fourth-order valence-corrected chi connectivity index (χ4v) is 4.40. The lowest BCUT2D eigenvalue weighted by Gasteiger charge is -2.40. The minimum atomic E-state index is -0.0584. The van der Waals surface area contributed by atoms with Crippen LogP contribution in [0.25, 0.3) is 11.1 Å². The quantitative estimate of drug-likeness (QED) is 0.809. The van der Waals surface area contributed by atoms with E-state index in [-0.39, 0.29) is 11.6 Å². The molecule has 2 aromatic carbocycles. The normalized spacial score (nSPS) is 21.3. The maximum absolute atomic E-state index is 6.00. The van der Waals surface area contributed by atoms with Gasteiger partial charge in [-0.3, -0.25) is 0 Å². The van der Waals surface area contributed by atoms with Crippen LogP contribution in [-0.2, 0) is 4.74 Å². The average molecular weight is 337 g/mol. The van der Waals surface area contributed by atoms with E-state index in [1.165, 1.54) is 27.8 Å². The fourth-order valence-electron chi connectivity index (χ4n) is 4.40. The van der Waals surface area contributed by atoms with Gasteiger partial charge in [-0.15, -0.1) is 0 Å². The fraction of sp³-hybridized carbons (Fsp3) is 0.455. The Morgan fingerprint density at radius 2 is 1.84 bits per heavy atom. The first-order valence-corrected chi connectivity index (χ1v) is 9.12. The molecule has 1 saturated heterocycles. The molecule has 25 heavy (non-hydrogen) atoms. The second kappa shape index (κ2) is 5.77. The molecule has 1 aliphatic carbocycles. The molecule has 1 fully saturated rings. The summed E-state index contributed by atoms with van der Waals surface area (Å²) < 4.78 is 11.9. The molecule has 2 unspecified atom stereocenters. The molecule has 3 nitrogen and oxygen atoms in total. The van der Waals surface area contributed by atoms with Crippen molar-refractivity contribution < 1.29 is 9.47 Å². The van der Waals surface area contributed by atoms with Gasteiger partial charge in [-0.2, -0.15) is 0 Å². The molecule has 0 aromatic heterocycles. The Balaban J connectivity index is 2.00. The minimum absolute atomic E-state index is 0.0584. The molecule has 1 heterocycles. The van der Waals surface area contributed by atoms with Crippen LogP contribution in [0.3, 0.4) is 0 Å². The van der Waals surface area contributed by atoms with Crippen LogP contribution in [0.4, 0.5) is 5.69 Å². The zero-order valence-corrected chi connectivity index (χ0v) is 15.8. The molecule has 2 aliphatic rings. The largest absolute Gasteiger partial charge is 0.494 e. The monoisotopic (exact) mass is 337 g/mol. The van der Waals surface area contributed by atoms with E-state index < -0.39 is 0 Å². The molecular weight excluding hydrogens is 310 g/mol. The third kappa shape index (κ3) is 2.53. The highest BCUT2D eigenvalue weighted by Gasteiger charge is 2.47. The van der Waals surface area contributed by atoms with Gasteiger partial charge in [0.2, 0.25) is 0 Å². The van der Waals surface area contributed by atoms with E-state index >= 15 is 0 Å². The molecule has 0 spiro atoms. The molecule has 4 rings (SSSR count). The van der Waals surface area contributed by atoms with Crippen LogP contribution in [0.2, 0.25) is 0 Å².